The molecule has 0 N–H and O–H groups in total. The molecule has 1 aromatic carbocycles. The van der Waals surface area contributed by atoms with Gasteiger partial charge in [0.25, 0.3) is 5.91 Å². The van der Waals surface area contributed by atoms with Gasteiger partial charge in [0.15, 0.2) is 0 Å². The molecule has 20 heavy (non-hydrogen) atoms. The summed E-state index contributed by atoms with van der Waals surface area (Å²) < 4.78 is 42.9. The van der Waals surface area contributed by atoms with Gasteiger partial charge in [-0.3, -0.25) is 4.79 Å². The summed E-state index contributed by atoms with van der Waals surface area (Å²) in [5.41, 5.74) is -0.607. The van der Waals surface area contributed by atoms with Gasteiger partial charge in [0.05, 0.1) is 16.3 Å². The lowest BCUT2D eigenvalue weighted by Crippen LogP contribution is -2.36. The largest absolute Gasteiger partial charge is 0.416 e. The number of nitrogens with zero attached hydrogens (tertiary/aromatic N) is 1. The first-order valence-electron chi connectivity index (χ1n) is 6.06. The monoisotopic (exact) mass is 307 g/mol. The maximum Gasteiger partial charge on any atom is 0.416 e. The molecule has 3 nitrogen and oxygen atoms in total. The Morgan fingerprint density at radius 3 is 2.65 bits per heavy atom. The third kappa shape index (κ3) is 3.07. The number of hydrogen-bond donors (Lipinski definition) is 0. The van der Waals surface area contributed by atoms with Crippen LogP contribution in [0, 0.1) is 0 Å². The fourth-order valence-corrected chi connectivity index (χ4v) is 2.37. The lowest BCUT2D eigenvalue weighted by molar-refractivity contribution is -0.137. The van der Waals surface area contributed by atoms with Gasteiger partial charge >= 0.3 is 6.18 Å². The molecule has 1 aromatic rings. The van der Waals surface area contributed by atoms with E-state index in [4.69, 9.17) is 16.3 Å². The Balaban J connectivity index is 2.22. The summed E-state index contributed by atoms with van der Waals surface area (Å²) in [5.74, 6) is -0.302. The standard InChI is InChI=1S/C13H13ClF3NO2/c1-18(12(19)11-3-2-6-20-11)10-5-4-8(7-9(10)14)13(15,16)17/h4-5,7,11H,2-3,6H2,1H3/t11-/m1/s1. The maximum absolute atomic E-state index is 12.5. The topological polar surface area (TPSA) is 29.5 Å². The van der Waals surface area contributed by atoms with Gasteiger partial charge in [-0.1, -0.05) is 11.6 Å². The number of amides is 1. The van der Waals surface area contributed by atoms with Gasteiger partial charge in [-0.15, -0.1) is 0 Å². The lowest BCUT2D eigenvalue weighted by atomic mass is 10.1. The summed E-state index contributed by atoms with van der Waals surface area (Å²) >= 11 is 5.85. The minimum atomic E-state index is -4.46. The molecule has 7 heteroatoms. The van der Waals surface area contributed by atoms with Crippen LogP contribution in [-0.4, -0.2) is 25.7 Å². The number of likely N-dealkylation sites (N-methyl/N-ethyl adjacent to an activating group) is 1. The third-order valence-electron chi connectivity index (χ3n) is 3.17. The van der Waals surface area contributed by atoms with Gasteiger partial charge in [-0.25, -0.2) is 0 Å². The predicted molar refractivity (Wildman–Crippen MR) is 68.8 cm³/mol. The van der Waals surface area contributed by atoms with Crippen LogP contribution >= 0.6 is 11.6 Å². The normalized spacial score (nSPS) is 19.1. The highest BCUT2D eigenvalue weighted by atomic mass is 35.5. The molecule has 110 valence electrons. The molecule has 1 amide bonds. The Morgan fingerprint density at radius 2 is 2.15 bits per heavy atom. The van der Waals surface area contributed by atoms with Gasteiger partial charge < -0.3 is 9.64 Å². The van der Waals surface area contributed by atoms with E-state index in [9.17, 15) is 18.0 Å². The number of hydrogen-bond acceptors (Lipinski definition) is 2. The van der Waals surface area contributed by atoms with Crippen LogP contribution in [0.2, 0.25) is 5.02 Å². The van der Waals surface area contributed by atoms with Crippen molar-refractivity contribution < 1.29 is 22.7 Å². The quantitative estimate of drug-likeness (QED) is 0.837. The Labute approximate surface area is 119 Å². The van der Waals surface area contributed by atoms with Crippen molar-refractivity contribution in [2.24, 2.45) is 0 Å². The van der Waals surface area contributed by atoms with Crippen molar-refractivity contribution in [2.75, 3.05) is 18.6 Å². The number of carbonyl (C=O) groups is 1. The molecule has 1 atom stereocenters. The van der Waals surface area contributed by atoms with Gasteiger partial charge in [0.2, 0.25) is 0 Å². The zero-order valence-corrected chi connectivity index (χ0v) is 11.5. The van der Waals surface area contributed by atoms with Crippen molar-refractivity contribution in [3.8, 4) is 0 Å². The van der Waals surface area contributed by atoms with Crippen LogP contribution in [0.25, 0.3) is 0 Å². The second kappa shape index (κ2) is 5.61. The van der Waals surface area contributed by atoms with Crippen molar-refractivity contribution in [1.82, 2.24) is 0 Å². The summed E-state index contributed by atoms with van der Waals surface area (Å²) in [7, 11) is 1.47. The molecule has 0 spiro atoms. The molecule has 1 heterocycles. The molecule has 1 aliphatic rings. The average molecular weight is 308 g/mol. The van der Waals surface area contributed by atoms with Gasteiger partial charge in [0, 0.05) is 13.7 Å². The molecule has 0 saturated carbocycles. The molecule has 1 aliphatic heterocycles. The fourth-order valence-electron chi connectivity index (χ4n) is 2.06. The number of carbonyl (C=O) groups excluding carboxylic acids is 1. The number of ether oxygens (including phenoxy) is 1. The van der Waals surface area contributed by atoms with Gasteiger partial charge in [-0.05, 0) is 31.0 Å². The van der Waals surface area contributed by atoms with E-state index >= 15 is 0 Å². The molecular formula is C13H13ClF3NO2. The van der Waals surface area contributed by atoms with Crippen LogP contribution in [0.4, 0.5) is 18.9 Å². The predicted octanol–water partition coefficient (Wildman–Crippen LogP) is 3.50. The van der Waals surface area contributed by atoms with Crippen molar-refractivity contribution in [3.05, 3.63) is 28.8 Å². The minimum Gasteiger partial charge on any atom is -0.368 e. The molecule has 1 saturated heterocycles. The molecular weight excluding hydrogens is 295 g/mol. The summed E-state index contributed by atoms with van der Waals surface area (Å²) in [4.78, 5) is 13.3. The summed E-state index contributed by atoms with van der Waals surface area (Å²) in [6.45, 7) is 0.519. The zero-order valence-electron chi connectivity index (χ0n) is 10.7. The van der Waals surface area contributed by atoms with Crippen LogP contribution in [0.1, 0.15) is 18.4 Å². The van der Waals surface area contributed by atoms with Crippen LogP contribution < -0.4 is 4.90 Å². The smallest absolute Gasteiger partial charge is 0.368 e. The lowest BCUT2D eigenvalue weighted by Gasteiger charge is -2.22. The fraction of sp³-hybridized carbons (Fsp3) is 0.462. The van der Waals surface area contributed by atoms with E-state index in [-0.39, 0.29) is 16.6 Å². The number of halogens is 4. The van der Waals surface area contributed by atoms with Crippen LogP contribution in [0.3, 0.4) is 0 Å². The van der Waals surface area contributed by atoms with Crippen LogP contribution in [0.5, 0.6) is 0 Å². The van der Waals surface area contributed by atoms with Crippen molar-refractivity contribution >= 4 is 23.2 Å². The Bertz CT molecular complexity index is 513. The minimum absolute atomic E-state index is 0.117. The number of anilines is 1. The van der Waals surface area contributed by atoms with Crippen LogP contribution in [0.15, 0.2) is 18.2 Å². The second-order valence-corrected chi connectivity index (χ2v) is 4.97. The van der Waals surface area contributed by atoms with Crippen molar-refractivity contribution in [2.45, 2.75) is 25.1 Å². The van der Waals surface area contributed by atoms with E-state index < -0.39 is 17.8 Å². The molecule has 0 bridgehead atoms. The Kier molecular flexibility index (Phi) is 4.25. The Hall–Kier alpha value is -1.27. The molecule has 0 aliphatic carbocycles. The van der Waals surface area contributed by atoms with E-state index in [1.165, 1.54) is 18.0 Å². The van der Waals surface area contributed by atoms with Gasteiger partial charge in [-0.2, -0.15) is 13.2 Å². The van der Waals surface area contributed by atoms with E-state index in [0.717, 1.165) is 18.6 Å². The number of alkyl halides is 3. The average Bonchev–Trinajstić information content (AvgIpc) is 2.89. The molecule has 2 rings (SSSR count). The van der Waals surface area contributed by atoms with E-state index in [2.05, 4.69) is 0 Å². The highest BCUT2D eigenvalue weighted by molar-refractivity contribution is 6.33. The third-order valence-corrected chi connectivity index (χ3v) is 3.47. The first-order chi connectivity index (χ1) is 9.30. The zero-order chi connectivity index (χ0) is 14.9. The summed E-state index contributed by atoms with van der Waals surface area (Å²) in [6, 6.07) is 2.91. The Morgan fingerprint density at radius 1 is 1.45 bits per heavy atom. The number of rotatable bonds is 2. The molecule has 1 fully saturated rings. The van der Waals surface area contributed by atoms with Crippen molar-refractivity contribution in [3.63, 3.8) is 0 Å². The summed E-state index contributed by atoms with van der Waals surface area (Å²) in [5, 5.41) is -0.117. The number of benzene rings is 1. The SMILES string of the molecule is CN(C(=O)[C@H]1CCCO1)c1ccc(C(F)(F)F)cc1Cl. The first kappa shape index (κ1) is 15.1. The maximum atomic E-state index is 12.5. The highest BCUT2D eigenvalue weighted by Crippen LogP contribution is 2.35. The second-order valence-electron chi connectivity index (χ2n) is 4.56. The van der Waals surface area contributed by atoms with E-state index in [1.807, 2.05) is 0 Å². The first-order valence-corrected chi connectivity index (χ1v) is 6.44. The van der Waals surface area contributed by atoms with E-state index in [1.54, 1.807) is 0 Å². The molecule has 0 aromatic heterocycles. The van der Waals surface area contributed by atoms with Crippen LogP contribution in [-0.2, 0) is 15.7 Å². The summed E-state index contributed by atoms with van der Waals surface area (Å²) in [6.07, 6.45) is -3.59. The van der Waals surface area contributed by atoms with Crippen molar-refractivity contribution in [1.29, 1.82) is 0 Å². The highest BCUT2D eigenvalue weighted by Gasteiger charge is 2.32. The van der Waals surface area contributed by atoms with E-state index in [0.29, 0.717) is 13.0 Å². The van der Waals surface area contributed by atoms with Gasteiger partial charge in [0.1, 0.15) is 6.10 Å². The molecule has 0 radical (unpaired) electrons. The molecule has 0 unspecified atom stereocenters.